The van der Waals surface area contributed by atoms with E-state index >= 15 is 0 Å². The van der Waals surface area contributed by atoms with E-state index in [-0.39, 0.29) is 6.42 Å². The number of esters is 2. The number of carbonyl (C=O) groups excluding carboxylic acids is 2. The van der Waals surface area contributed by atoms with E-state index in [9.17, 15) is 9.59 Å². The van der Waals surface area contributed by atoms with E-state index in [1.54, 1.807) is 0 Å². The maximum Gasteiger partial charge on any atom is 0.325 e. The van der Waals surface area contributed by atoms with Gasteiger partial charge in [0.05, 0.1) is 6.42 Å². The van der Waals surface area contributed by atoms with Gasteiger partial charge in [-0.2, -0.15) is 0 Å². The van der Waals surface area contributed by atoms with Crippen molar-refractivity contribution in [1.82, 2.24) is 0 Å². The van der Waals surface area contributed by atoms with Crippen molar-refractivity contribution in [3.63, 3.8) is 0 Å². The molecule has 2 aliphatic rings. The number of ether oxygens (including phenoxy) is 1. The third kappa shape index (κ3) is 1.88. The number of carbonyl (C=O) groups is 2. The molecule has 4 rings (SSSR count). The Kier molecular flexibility index (Phi) is 3.00. The van der Waals surface area contributed by atoms with Gasteiger partial charge in [-0.05, 0) is 11.6 Å². The molecule has 2 aromatic rings. The van der Waals surface area contributed by atoms with E-state index in [0.29, 0.717) is 0 Å². The van der Waals surface area contributed by atoms with E-state index in [0.717, 1.165) is 22.2 Å². The average molecular weight is 330 g/mol. The summed E-state index contributed by atoms with van der Waals surface area (Å²) in [6, 6.07) is 15.5. The molecular formula is C16H12O4P2. The van der Waals surface area contributed by atoms with E-state index in [4.69, 9.17) is 9.26 Å². The first kappa shape index (κ1) is 13.8. The summed E-state index contributed by atoms with van der Waals surface area (Å²) >= 11 is 0. The van der Waals surface area contributed by atoms with Crippen molar-refractivity contribution in [2.45, 2.75) is 12.1 Å². The second kappa shape index (κ2) is 4.81. The Bertz CT molecular complexity index is 859. The van der Waals surface area contributed by atoms with Crippen LogP contribution in [0.15, 0.2) is 48.5 Å². The lowest BCUT2D eigenvalue weighted by Gasteiger charge is -2.34. The number of fused-ring (bicyclic) bond motifs is 3. The minimum Gasteiger partial charge on any atom is -0.467 e. The molecule has 0 aromatic heterocycles. The molecule has 0 aliphatic carbocycles. The van der Waals surface area contributed by atoms with E-state index in [1.807, 2.05) is 48.5 Å². The smallest absolute Gasteiger partial charge is 0.325 e. The lowest BCUT2D eigenvalue weighted by molar-refractivity contribution is -0.151. The van der Waals surface area contributed by atoms with Crippen molar-refractivity contribution in [1.29, 1.82) is 0 Å². The molecular weight excluding hydrogens is 318 g/mol. The highest BCUT2D eigenvalue weighted by molar-refractivity contribution is 8.02. The summed E-state index contributed by atoms with van der Waals surface area (Å²) in [6.45, 7) is -2.52. The molecule has 0 radical (unpaired) electrons. The van der Waals surface area contributed by atoms with Crippen molar-refractivity contribution in [3.05, 3.63) is 48.5 Å². The zero-order chi connectivity index (χ0) is 15.3. The molecule has 6 heteroatoms. The SMILES string of the molecule is O=C1CC(P2(=P)Oc3ccccc3-c3ccccc32)C(=O)O1. The highest BCUT2D eigenvalue weighted by Crippen LogP contribution is 2.63. The van der Waals surface area contributed by atoms with Gasteiger partial charge in [-0.3, -0.25) is 9.59 Å². The van der Waals surface area contributed by atoms with Gasteiger partial charge in [0, 0.05) is 10.9 Å². The Morgan fingerprint density at radius 2 is 1.68 bits per heavy atom. The molecule has 0 spiro atoms. The maximum atomic E-state index is 12.1. The molecule has 2 aliphatic heterocycles. The number of hydrogen-bond acceptors (Lipinski definition) is 4. The Labute approximate surface area is 129 Å². The highest BCUT2D eigenvalue weighted by atomic mass is 31.8. The van der Waals surface area contributed by atoms with Crippen LogP contribution in [-0.2, 0) is 14.3 Å². The van der Waals surface area contributed by atoms with Crippen LogP contribution in [0.1, 0.15) is 6.42 Å². The Hall–Kier alpha value is -1.89. The van der Waals surface area contributed by atoms with Gasteiger partial charge in [-0.1, -0.05) is 51.0 Å². The molecule has 2 unspecified atom stereocenters. The third-order valence-corrected chi connectivity index (χ3v) is 8.76. The second-order valence-corrected chi connectivity index (χ2v) is 9.87. The molecule has 2 atom stereocenters. The van der Waals surface area contributed by atoms with Crippen LogP contribution >= 0.6 is 15.3 Å². The fraction of sp³-hybridized carbons (Fsp3) is 0.125. The second-order valence-electron chi connectivity index (χ2n) is 5.28. The van der Waals surface area contributed by atoms with Gasteiger partial charge >= 0.3 is 11.9 Å². The van der Waals surface area contributed by atoms with Crippen molar-refractivity contribution in [3.8, 4) is 16.9 Å². The number of rotatable bonds is 1. The molecule has 22 heavy (non-hydrogen) atoms. The zero-order valence-corrected chi connectivity index (χ0v) is 13.4. The molecule has 0 N–H and O–H groups in total. The fourth-order valence-corrected chi connectivity index (χ4v) is 7.05. The lowest BCUT2D eigenvalue weighted by Crippen LogP contribution is -2.27. The summed E-state index contributed by atoms with van der Waals surface area (Å²) in [5.74, 6) is -0.285. The summed E-state index contributed by atoms with van der Waals surface area (Å²) in [5.41, 5.74) is 1.41. The molecule has 0 saturated carbocycles. The van der Waals surface area contributed by atoms with Crippen LogP contribution in [0.25, 0.3) is 11.1 Å². The van der Waals surface area contributed by atoms with Gasteiger partial charge < -0.3 is 9.26 Å². The van der Waals surface area contributed by atoms with E-state index in [2.05, 4.69) is 8.53 Å². The lowest BCUT2D eigenvalue weighted by atomic mass is 10.0. The molecule has 1 fully saturated rings. The number of para-hydroxylation sites is 1. The third-order valence-electron chi connectivity index (χ3n) is 3.97. The van der Waals surface area contributed by atoms with Crippen molar-refractivity contribution >= 4 is 32.5 Å². The predicted octanol–water partition coefficient (Wildman–Crippen LogP) is 3.20. The average Bonchev–Trinajstić information content (AvgIpc) is 2.87. The van der Waals surface area contributed by atoms with E-state index < -0.39 is 24.4 Å². The molecule has 110 valence electrons. The quantitative estimate of drug-likeness (QED) is 0.458. The summed E-state index contributed by atoms with van der Waals surface area (Å²) in [4.78, 5) is 23.6. The van der Waals surface area contributed by atoms with Crippen LogP contribution in [0.4, 0.5) is 0 Å². The van der Waals surface area contributed by atoms with Gasteiger partial charge in [0.25, 0.3) is 0 Å². The normalized spacial score (nSPS) is 25.9. The molecule has 4 nitrogen and oxygen atoms in total. The summed E-state index contributed by atoms with van der Waals surface area (Å²) in [6.07, 6.45) is 0.0482. The van der Waals surface area contributed by atoms with Crippen LogP contribution in [-0.4, -0.2) is 17.6 Å². The van der Waals surface area contributed by atoms with Gasteiger partial charge in [0.15, 0.2) is 0 Å². The van der Waals surface area contributed by atoms with Crippen molar-refractivity contribution in [2.24, 2.45) is 0 Å². The molecule has 0 amide bonds. The first-order valence-electron chi connectivity index (χ1n) is 6.86. The maximum absolute atomic E-state index is 12.1. The number of hydrogen-bond donors (Lipinski definition) is 0. The summed E-state index contributed by atoms with van der Waals surface area (Å²) in [7, 11) is 3.76. The largest absolute Gasteiger partial charge is 0.467 e. The molecule has 2 aromatic carbocycles. The zero-order valence-electron chi connectivity index (χ0n) is 11.5. The molecule has 1 saturated heterocycles. The summed E-state index contributed by atoms with van der Waals surface area (Å²) < 4.78 is 11.0. The predicted molar refractivity (Wildman–Crippen MR) is 86.9 cm³/mol. The molecule has 2 heterocycles. The Morgan fingerprint density at radius 3 is 2.41 bits per heavy atom. The standard InChI is InChI=1S/C16H12O4P2/c17-15-9-14(16(18)19-15)22(21)13-8-4-2-6-11(13)10-5-1-3-7-12(10)20-22/h1-8,14,21H,9H2. The van der Waals surface area contributed by atoms with Crippen LogP contribution in [0.5, 0.6) is 5.75 Å². The highest BCUT2D eigenvalue weighted by Gasteiger charge is 2.47. The van der Waals surface area contributed by atoms with E-state index in [1.165, 1.54) is 0 Å². The fourth-order valence-electron chi connectivity index (χ4n) is 2.94. The number of benzene rings is 2. The van der Waals surface area contributed by atoms with Crippen LogP contribution < -0.4 is 9.83 Å². The van der Waals surface area contributed by atoms with Crippen molar-refractivity contribution in [2.75, 3.05) is 0 Å². The van der Waals surface area contributed by atoms with Crippen LogP contribution in [0, 0.1) is 0 Å². The van der Waals surface area contributed by atoms with Gasteiger partial charge in [-0.25, -0.2) is 0 Å². The first-order valence-corrected chi connectivity index (χ1v) is 9.98. The van der Waals surface area contributed by atoms with Crippen molar-refractivity contribution < 1.29 is 18.8 Å². The monoisotopic (exact) mass is 330 g/mol. The van der Waals surface area contributed by atoms with Crippen LogP contribution in [0.2, 0.25) is 0 Å². The minimum atomic E-state index is -2.52. The van der Waals surface area contributed by atoms with Gasteiger partial charge in [0.2, 0.25) is 0 Å². The Morgan fingerprint density at radius 1 is 1.00 bits per heavy atom. The first-order chi connectivity index (χ1) is 10.6. The summed E-state index contributed by atoms with van der Waals surface area (Å²) in [5, 5.41) is 0.932. The van der Waals surface area contributed by atoms with Crippen LogP contribution in [0.3, 0.4) is 0 Å². The van der Waals surface area contributed by atoms with Gasteiger partial charge in [-0.15, -0.1) is 0 Å². The minimum absolute atomic E-state index is 0.0482. The molecule has 0 bridgehead atoms. The van der Waals surface area contributed by atoms with Gasteiger partial charge in [0.1, 0.15) is 18.2 Å². The Balaban J connectivity index is 1.95. The number of cyclic esters (lactones) is 2. The topological polar surface area (TPSA) is 52.6 Å².